The van der Waals surface area contributed by atoms with Crippen LogP contribution in [0.5, 0.6) is 0 Å². The third-order valence-electron chi connectivity index (χ3n) is 5.21. The first-order valence-corrected chi connectivity index (χ1v) is 9.19. The third kappa shape index (κ3) is 3.39. The molecule has 4 rings (SSSR count). The van der Waals surface area contributed by atoms with Crippen LogP contribution < -0.4 is 0 Å². The van der Waals surface area contributed by atoms with Crippen molar-refractivity contribution >= 4 is 11.9 Å². The molecule has 0 aliphatic carbocycles. The summed E-state index contributed by atoms with van der Waals surface area (Å²) in [6.07, 6.45) is 3.46. The summed E-state index contributed by atoms with van der Waals surface area (Å²) in [4.78, 5) is 31.4. The molecule has 1 aliphatic heterocycles. The number of carboxylic acids is 1. The van der Waals surface area contributed by atoms with Gasteiger partial charge in [0, 0.05) is 18.9 Å². The van der Waals surface area contributed by atoms with Crippen LogP contribution in [0.4, 0.5) is 0 Å². The van der Waals surface area contributed by atoms with E-state index in [2.05, 4.69) is 4.98 Å². The zero-order chi connectivity index (χ0) is 19.5. The van der Waals surface area contributed by atoms with E-state index < -0.39 is 17.9 Å². The van der Waals surface area contributed by atoms with Gasteiger partial charge in [0.25, 0.3) is 0 Å². The van der Waals surface area contributed by atoms with Gasteiger partial charge in [-0.2, -0.15) is 0 Å². The van der Waals surface area contributed by atoms with Crippen LogP contribution in [0.2, 0.25) is 0 Å². The molecular weight excluding hydrogens is 352 g/mol. The summed E-state index contributed by atoms with van der Waals surface area (Å²) in [6, 6.07) is 20.0. The summed E-state index contributed by atoms with van der Waals surface area (Å²) in [5.41, 5.74) is 3.20. The fourth-order valence-electron chi connectivity index (χ4n) is 3.94. The molecule has 1 N–H and O–H groups in total. The van der Waals surface area contributed by atoms with Gasteiger partial charge >= 0.3 is 5.97 Å². The van der Waals surface area contributed by atoms with Crippen molar-refractivity contribution in [2.24, 2.45) is 0 Å². The average molecular weight is 372 g/mol. The number of hydrogen-bond acceptors (Lipinski definition) is 3. The first-order valence-electron chi connectivity index (χ1n) is 9.19. The minimum absolute atomic E-state index is 0.0816. The third-order valence-corrected chi connectivity index (χ3v) is 5.21. The topological polar surface area (TPSA) is 70.5 Å². The lowest BCUT2D eigenvalue weighted by atomic mass is 9.85. The summed E-state index contributed by atoms with van der Waals surface area (Å²) < 4.78 is 0. The molecule has 0 fully saturated rings. The van der Waals surface area contributed by atoms with Crippen LogP contribution in [-0.4, -0.2) is 26.9 Å². The number of carbonyl (C=O) groups excluding carboxylic acids is 1. The number of fused-ring (bicyclic) bond motifs is 1. The Morgan fingerprint density at radius 2 is 1.68 bits per heavy atom. The molecule has 0 bridgehead atoms. The SMILES string of the molecule is O=C(O)[C@@H]1c2ccccc2CC(=O)N(Cc2ccccc2)[C@H]1c1ccncc1. The van der Waals surface area contributed by atoms with Crippen molar-refractivity contribution in [3.8, 4) is 0 Å². The molecule has 0 unspecified atom stereocenters. The molecule has 3 aromatic rings. The van der Waals surface area contributed by atoms with E-state index in [0.29, 0.717) is 12.1 Å². The molecule has 0 saturated heterocycles. The van der Waals surface area contributed by atoms with Gasteiger partial charge in [-0.25, -0.2) is 0 Å². The molecule has 1 amide bonds. The highest BCUT2D eigenvalue weighted by atomic mass is 16.4. The van der Waals surface area contributed by atoms with Crippen LogP contribution in [0.25, 0.3) is 0 Å². The van der Waals surface area contributed by atoms with Crippen molar-refractivity contribution in [1.82, 2.24) is 9.88 Å². The van der Waals surface area contributed by atoms with Crippen molar-refractivity contribution in [2.75, 3.05) is 0 Å². The van der Waals surface area contributed by atoms with E-state index in [1.807, 2.05) is 54.6 Å². The predicted molar refractivity (Wildman–Crippen MR) is 104 cm³/mol. The number of hydrogen-bond donors (Lipinski definition) is 1. The number of benzene rings is 2. The highest BCUT2D eigenvalue weighted by Gasteiger charge is 2.41. The van der Waals surface area contributed by atoms with Gasteiger partial charge in [0.05, 0.1) is 12.5 Å². The minimum atomic E-state index is -0.943. The van der Waals surface area contributed by atoms with Crippen LogP contribution in [0.15, 0.2) is 79.1 Å². The van der Waals surface area contributed by atoms with E-state index in [1.165, 1.54) is 0 Å². The number of pyridine rings is 1. The lowest BCUT2D eigenvalue weighted by Crippen LogP contribution is -2.38. The number of aromatic nitrogens is 1. The molecule has 0 spiro atoms. The van der Waals surface area contributed by atoms with Crippen molar-refractivity contribution in [3.63, 3.8) is 0 Å². The fraction of sp³-hybridized carbons (Fsp3) is 0.174. The van der Waals surface area contributed by atoms with Crippen LogP contribution >= 0.6 is 0 Å². The summed E-state index contributed by atoms with van der Waals surface area (Å²) in [6.45, 7) is 0.352. The second-order valence-electron chi connectivity index (χ2n) is 6.92. The lowest BCUT2D eigenvalue weighted by molar-refractivity contribution is -0.143. The molecule has 5 nitrogen and oxygen atoms in total. The molecule has 28 heavy (non-hydrogen) atoms. The van der Waals surface area contributed by atoms with Crippen molar-refractivity contribution in [1.29, 1.82) is 0 Å². The van der Waals surface area contributed by atoms with E-state index in [9.17, 15) is 14.7 Å². The van der Waals surface area contributed by atoms with Gasteiger partial charge in [-0.05, 0) is 34.4 Å². The second kappa shape index (κ2) is 7.64. The zero-order valence-corrected chi connectivity index (χ0v) is 15.2. The van der Waals surface area contributed by atoms with E-state index in [-0.39, 0.29) is 12.3 Å². The fourth-order valence-corrected chi connectivity index (χ4v) is 3.94. The van der Waals surface area contributed by atoms with Gasteiger partial charge in [-0.3, -0.25) is 14.6 Å². The first kappa shape index (κ1) is 17.9. The van der Waals surface area contributed by atoms with Crippen LogP contribution in [0.1, 0.15) is 34.2 Å². The standard InChI is InChI=1S/C23H20N2O3/c26-20-14-18-8-4-5-9-19(18)21(23(27)28)22(17-10-12-24-13-11-17)25(20)15-16-6-2-1-3-7-16/h1-13,21-22H,14-15H2,(H,27,28)/t21-,22+/m1/s1. The van der Waals surface area contributed by atoms with Crippen LogP contribution in [0, 0.1) is 0 Å². The maximum absolute atomic E-state index is 13.3. The minimum Gasteiger partial charge on any atom is -0.481 e. The molecule has 0 radical (unpaired) electrons. The van der Waals surface area contributed by atoms with Gasteiger partial charge in [-0.1, -0.05) is 54.6 Å². The quantitative estimate of drug-likeness (QED) is 0.760. The Labute approximate surface area is 163 Å². The van der Waals surface area contributed by atoms with E-state index in [4.69, 9.17) is 0 Å². The number of rotatable bonds is 4. The smallest absolute Gasteiger partial charge is 0.313 e. The van der Waals surface area contributed by atoms with Crippen molar-refractivity contribution in [2.45, 2.75) is 24.9 Å². The van der Waals surface area contributed by atoms with E-state index >= 15 is 0 Å². The molecule has 5 heteroatoms. The number of amides is 1. The highest BCUT2D eigenvalue weighted by Crippen LogP contribution is 2.41. The maximum Gasteiger partial charge on any atom is 0.313 e. The molecule has 140 valence electrons. The van der Waals surface area contributed by atoms with Crippen LogP contribution in [0.3, 0.4) is 0 Å². The van der Waals surface area contributed by atoms with Gasteiger partial charge in [-0.15, -0.1) is 0 Å². The maximum atomic E-state index is 13.3. The lowest BCUT2D eigenvalue weighted by Gasteiger charge is -2.34. The number of aliphatic carboxylic acids is 1. The summed E-state index contributed by atoms with van der Waals surface area (Å²) in [7, 11) is 0. The normalized spacial score (nSPS) is 19.0. The largest absolute Gasteiger partial charge is 0.481 e. The van der Waals surface area contributed by atoms with Crippen molar-refractivity contribution in [3.05, 3.63) is 101 Å². The first-order chi connectivity index (χ1) is 13.6. The number of carboxylic acid groups (broad SMARTS) is 1. The average Bonchev–Trinajstić information content (AvgIpc) is 2.84. The Morgan fingerprint density at radius 3 is 2.39 bits per heavy atom. The number of carbonyl (C=O) groups is 2. The summed E-state index contributed by atoms with van der Waals surface area (Å²) in [5.74, 6) is -1.88. The van der Waals surface area contributed by atoms with Gasteiger partial charge in [0.2, 0.25) is 5.91 Å². The molecular formula is C23H20N2O3. The van der Waals surface area contributed by atoms with Crippen LogP contribution in [-0.2, 0) is 22.6 Å². The predicted octanol–water partition coefficient (Wildman–Crippen LogP) is 3.58. The Kier molecular flexibility index (Phi) is 4.89. The Hall–Kier alpha value is -3.47. The Balaban J connectivity index is 1.88. The Bertz CT molecular complexity index is 989. The number of nitrogens with zero attached hydrogens (tertiary/aromatic N) is 2. The molecule has 1 aliphatic rings. The monoisotopic (exact) mass is 372 g/mol. The second-order valence-corrected chi connectivity index (χ2v) is 6.92. The van der Waals surface area contributed by atoms with Gasteiger partial charge in [0.1, 0.15) is 5.92 Å². The van der Waals surface area contributed by atoms with E-state index in [0.717, 1.165) is 16.7 Å². The molecule has 1 aromatic heterocycles. The van der Waals surface area contributed by atoms with Crippen molar-refractivity contribution < 1.29 is 14.7 Å². The molecule has 0 saturated carbocycles. The molecule has 2 aromatic carbocycles. The highest BCUT2D eigenvalue weighted by molar-refractivity contribution is 5.86. The summed E-state index contributed by atoms with van der Waals surface area (Å²) >= 11 is 0. The Morgan fingerprint density at radius 1 is 1.00 bits per heavy atom. The zero-order valence-electron chi connectivity index (χ0n) is 15.2. The van der Waals surface area contributed by atoms with E-state index in [1.54, 1.807) is 29.4 Å². The van der Waals surface area contributed by atoms with Gasteiger partial charge < -0.3 is 10.0 Å². The molecule has 2 heterocycles. The van der Waals surface area contributed by atoms with Gasteiger partial charge in [0.15, 0.2) is 0 Å². The summed E-state index contributed by atoms with van der Waals surface area (Å²) in [5, 5.41) is 10.2. The molecule has 2 atom stereocenters.